The molecule has 0 saturated carbocycles. The first-order valence-corrected chi connectivity index (χ1v) is 9.66. The van der Waals surface area contributed by atoms with E-state index in [0.717, 1.165) is 38.8 Å². The molecule has 0 bridgehead atoms. The molecule has 122 valence electrons. The van der Waals surface area contributed by atoms with Crippen LogP contribution >= 0.6 is 0 Å². The van der Waals surface area contributed by atoms with E-state index in [1.54, 1.807) is 0 Å². The lowest BCUT2D eigenvalue weighted by Crippen LogP contribution is -2.34. The summed E-state index contributed by atoms with van der Waals surface area (Å²) in [7, 11) is -1.93. The van der Waals surface area contributed by atoms with E-state index in [1.807, 2.05) is 41.5 Å². The lowest BCUT2D eigenvalue weighted by Gasteiger charge is -2.18. The number of hydrogen-bond donors (Lipinski definition) is 2. The molecule has 2 atom stereocenters. The van der Waals surface area contributed by atoms with Gasteiger partial charge in [0.2, 0.25) is 0 Å². The molecule has 0 aromatic heterocycles. The van der Waals surface area contributed by atoms with Crippen LogP contribution in [0.5, 0.6) is 0 Å². The zero-order valence-electron chi connectivity index (χ0n) is 13.9. The SMILES string of the molecule is CC(C)(C)S(=O)NCCCCCCNS(=O)C(C)(C)C. The number of unbranched alkanes of at least 4 members (excludes halogenated alkanes) is 3. The first-order chi connectivity index (χ1) is 9.05. The van der Waals surface area contributed by atoms with E-state index in [4.69, 9.17) is 0 Å². The minimum atomic E-state index is -0.965. The van der Waals surface area contributed by atoms with Gasteiger partial charge in [0.1, 0.15) is 0 Å². The van der Waals surface area contributed by atoms with Gasteiger partial charge in [0.25, 0.3) is 0 Å². The highest BCUT2D eigenvalue weighted by Crippen LogP contribution is 2.10. The van der Waals surface area contributed by atoms with Crippen LogP contribution in [0.3, 0.4) is 0 Å². The molecule has 0 fully saturated rings. The van der Waals surface area contributed by atoms with Crippen molar-refractivity contribution >= 4 is 22.0 Å². The lowest BCUT2D eigenvalue weighted by molar-refractivity contribution is 0.600. The van der Waals surface area contributed by atoms with Crippen molar-refractivity contribution in [3.63, 3.8) is 0 Å². The Morgan fingerprint density at radius 2 is 0.950 bits per heavy atom. The molecule has 6 heteroatoms. The highest BCUT2D eigenvalue weighted by Gasteiger charge is 2.19. The van der Waals surface area contributed by atoms with Crippen molar-refractivity contribution in [3.8, 4) is 0 Å². The van der Waals surface area contributed by atoms with Crippen molar-refractivity contribution in [2.75, 3.05) is 13.1 Å². The molecule has 0 aromatic carbocycles. The normalized spacial score (nSPS) is 16.1. The maximum Gasteiger partial charge on any atom is 0.0970 e. The first kappa shape index (κ1) is 20.2. The second-order valence-corrected chi connectivity index (χ2v) is 11.1. The van der Waals surface area contributed by atoms with Crippen LogP contribution in [0.1, 0.15) is 67.2 Å². The maximum atomic E-state index is 11.7. The highest BCUT2D eigenvalue weighted by molar-refractivity contribution is 7.84. The van der Waals surface area contributed by atoms with E-state index >= 15 is 0 Å². The van der Waals surface area contributed by atoms with Crippen LogP contribution in [0.2, 0.25) is 0 Å². The predicted molar refractivity (Wildman–Crippen MR) is 90.3 cm³/mol. The largest absolute Gasteiger partial charge is 0.242 e. The summed E-state index contributed by atoms with van der Waals surface area (Å²) >= 11 is 0. The van der Waals surface area contributed by atoms with Gasteiger partial charge in [-0.2, -0.15) is 0 Å². The van der Waals surface area contributed by atoms with Gasteiger partial charge >= 0.3 is 0 Å². The van der Waals surface area contributed by atoms with Crippen LogP contribution in [-0.4, -0.2) is 31.0 Å². The molecular formula is C14H32N2O2S2. The smallest absolute Gasteiger partial charge is 0.0970 e. The summed E-state index contributed by atoms with van der Waals surface area (Å²) in [4.78, 5) is 0. The van der Waals surface area contributed by atoms with Crippen LogP contribution in [0.15, 0.2) is 0 Å². The lowest BCUT2D eigenvalue weighted by atomic mass is 10.2. The summed E-state index contributed by atoms with van der Waals surface area (Å²) in [6, 6.07) is 0. The second kappa shape index (κ2) is 9.28. The van der Waals surface area contributed by atoms with Gasteiger partial charge in [-0.1, -0.05) is 12.8 Å². The Kier molecular flexibility index (Phi) is 9.38. The zero-order valence-corrected chi connectivity index (χ0v) is 15.5. The van der Waals surface area contributed by atoms with Crippen LogP contribution < -0.4 is 9.44 Å². The number of nitrogens with one attached hydrogen (secondary N) is 2. The Balaban J connectivity index is 3.47. The Morgan fingerprint density at radius 1 is 0.650 bits per heavy atom. The zero-order chi connectivity index (χ0) is 15.8. The molecule has 0 rings (SSSR count). The van der Waals surface area contributed by atoms with Gasteiger partial charge < -0.3 is 0 Å². The summed E-state index contributed by atoms with van der Waals surface area (Å²) in [5, 5.41) is 0. The molecular weight excluding hydrogens is 292 g/mol. The monoisotopic (exact) mass is 324 g/mol. The molecule has 0 aliphatic carbocycles. The Morgan fingerprint density at radius 3 is 1.20 bits per heavy atom. The maximum absolute atomic E-state index is 11.7. The fourth-order valence-electron chi connectivity index (χ4n) is 1.37. The number of hydrogen-bond acceptors (Lipinski definition) is 2. The van der Waals surface area contributed by atoms with E-state index in [9.17, 15) is 8.42 Å². The van der Waals surface area contributed by atoms with Gasteiger partial charge in [0.15, 0.2) is 0 Å². The Bertz CT molecular complexity index is 288. The molecule has 4 nitrogen and oxygen atoms in total. The average molecular weight is 325 g/mol. The number of rotatable bonds is 9. The molecule has 0 aromatic rings. The Hall–Kier alpha value is 0.220. The standard InChI is InChI=1S/C14H32N2O2S2/c1-13(2,3)19(17)15-11-9-7-8-10-12-16-20(18)14(4,5)6/h15-16H,7-12H2,1-6H3. The van der Waals surface area contributed by atoms with Crippen molar-refractivity contribution in [3.05, 3.63) is 0 Å². The topological polar surface area (TPSA) is 58.2 Å². The van der Waals surface area contributed by atoms with Gasteiger partial charge in [-0.05, 0) is 54.4 Å². The van der Waals surface area contributed by atoms with E-state index < -0.39 is 22.0 Å². The molecule has 2 N–H and O–H groups in total. The van der Waals surface area contributed by atoms with Crippen molar-refractivity contribution in [2.45, 2.75) is 76.7 Å². The van der Waals surface area contributed by atoms with Gasteiger partial charge in [-0.25, -0.2) is 17.9 Å². The van der Waals surface area contributed by atoms with Gasteiger partial charge in [-0.15, -0.1) is 0 Å². The first-order valence-electron chi connectivity index (χ1n) is 7.36. The molecule has 0 saturated heterocycles. The molecule has 2 unspecified atom stereocenters. The fourth-order valence-corrected chi connectivity index (χ4v) is 2.89. The minimum Gasteiger partial charge on any atom is -0.242 e. The van der Waals surface area contributed by atoms with Crippen molar-refractivity contribution in [2.24, 2.45) is 0 Å². The average Bonchev–Trinajstić information content (AvgIpc) is 2.29. The summed E-state index contributed by atoms with van der Waals surface area (Å²) < 4.78 is 29.2. The molecule has 0 aliphatic rings. The predicted octanol–water partition coefficient (Wildman–Crippen LogP) is 2.65. The van der Waals surface area contributed by atoms with E-state index in [-0.39, 0.29) is 9.49 Å². The molecule has 0 amide bonds. The van der Waals surface area contributed by atoms with Gasteiger partial charge in [0, 0.05) is 13.1 Å². The Labute approximate surface area is 130 Å². The third-order valence-electron chi connectivity index (χ3n) is 2.68. The van der Waals surface area contributed by atoms with Crippen LogP contribution in [0.4, 0.5) is 0 Å². The molecule has 20 heavy (non-hydrogen) atoms. The van der Waals surface area contributed by atoms with Crippen molar-refractivity contribution in [1.29, 1.82) is 0 Å². The van der Waals surface area contributed by atoms with E-state index in [1.165, 1.54) is 0 Å². The molecule has 0 spiro atoms. The summed E-state index contributed by atoms with van der Waals surface area (Å²) in [6.45, 7) is 13.4. The minimum absolute atomic E-state index is 0.194. The highest BCUT2D eigenvalue weighted by atomic mass is 32.2. The fraction of sp³-hybridized carbons (Fsp3) is 1.00. The second-order valence-electron chi connectivity index (χ2n) is 6.97. The third-order valence-corrected chi connectivity index (χ3v) is 5.84. The molecule has 0 heterocycles. The van der Waals surface area contributed by atoms with Crippen LogP contribution in [0.25, 0.3) is 0 Å². The van der Waals surface area contributed by atoms with Gasteiger partial charge in [-0.3, -0.25) is 0 Å². The summed E-state index contributed by atoms with van der Waals surface area (Å²) in [5.74, 6) is 0. The van der Waals surface area contributed by atoms with Crippen LogP contribution in [0, 0.1) is 0 Å². The third kappa shape index (κ3) is 10.0. The molecule has 0 radical (unpaired) electrons. The van der Waals surface area contributed by atoms with Crippen molar-refractivity contribution in [1.82, 2.24) is 9.44 Å². The van der Waals surface area contributed by atoms with E-state index in [0.29, 0.717) is 0 Å². The van der Waals surface area contributed by atoms with Crippen LogP contribution in [-0.2, 0) is 22.0 Å². The molecule has 0 aliphatic heterocycles. The summed E-state index contributed by atoms with van der Waals surface area (Å²) in [6.07, 6.45) is 4.28. The summed E-state index contributed by atoms with van der Waals surface area (Å²) in [5.41, 5.74) is 0. The van der Waals surface area contributed by atoms with E-state index in [2.05, 4.69) is 9.44 Å². The quantitative estimate of drug-likeness (QED) is 0.641. The van der Waals surface area contributed by atoms with Gasteiger partial charge in [0.05, 0.1) is 31.5 Å². The van der Waals surface area contributed by atoms with Crippen molar-refractivity contribution < 1.29 is 8.42 Å².